The van der Waals surface area contributed by atoms with Crippen molar-refractivity contribution in [2.75, 3.05) is 16.0 Å². The maximum absolute atomic E-state index is 12.0. The summed E-state index contributed by atoms with van der Waals surface area (Å²) in [5, 5.41) is 5.73. The fourth-order valence-electron chi connectivity index (χ4n) is 1.66. The van der Waals surface area contributed by atoms with Gasteiger partial charge in [-0.1, -0.05) is 40.2 Å². The Morgan fingerprint density at radius 3 is 2.20 bits per heavy atom. The van der Waals surface area contributed by atoms with Crippen molar-refractivity contribution in [1.82, 2.24) is 0 Å². The van der Waals surface area contributed by atoms with Gasteiger partial charge >= 0.3 is 0 Å². The molecule has 0 bridgehead atoms. The predicted octanol–water partition coefficient (Wildman–Crippen LogP) is 3.27. The molecule has 2 rings (SSSR count). The molecule has 2 N–H and O–H groups in total. The first-order valence-corrected chi connectivity index (χ1v) is 7.13. The van der Waals surface area contributed by atoms with Gasteiger partial charge in [0.25, 0.3) is 5.91 Å². The minimum Gasteiger partial charge on any atom is -0.325 e. The summed E-state index contributed by atoms with van der Waals surface area (Å²) < 4.78 is 0. The van der Waals surface area contributed by atoms with Crippen LogP contribution in [0.4, 0.5) is 11.4 Å². The third-order valence-corrected chi connectivity index (χ3v) is 3.07. The molecule has 0 saturated heterocycles. The van der Waals surface area contributed by atoms with Crippen LogP contribution in [0.5, 0.6) is 0 Å². The van der Waals surface area contributed by atoms with Gasteiger partial charge in [-0.2, -0.15) is 0 Å². The monoisotopic (exact) mass is 332 g/mol. The maximum atomic E-state index is 12.0. The Hall–Kier alpha value is -2.14. The van der Waals surface area contributed by atoms with Gasteiger partial charge in [-0.25, -0.2) is 0 Å². The Morgan fingerprint density at radius 2 is 1.55 bits per heavy atom. The summed E-state index contributed by atoms with van der Waals surface area (Å²) in [5.74, 6) is -0.328. The zero-order valence-electron chi connectivity index (χ0n) is 10.6. The molecule has 2 aromatic carbocycles. The fourth-order valence-corrected chi connectivity index (χ4v) is 1.80. The number of benzene rings is 2. The highest BCUT2D eigenvalue weighted by Crippen LogP contribution is 2.16. The summed E-state index contributed by atoms with van der Waals surface area (Å²) in [5.41, 5.74) is 1.86. The van der Waals surface area contributed by atoms with Crippen molar-refractivity contribution in [3.63, 3.8) is 0 Å². The van der Waals surface area contributed by atoms with Gasteiger partial charge in [-0.05, 0) is 30.3 Å². The van der Waals surface area contributed by atoms with Gasteiger partial charge in [0.05, 0.1) is 5.33 Å². The molecule has 5 heteroatoms. The largest absolute Gasteiger partial charge is 0.325 e. The van der Waals surface area contributed by atoms with E-state index in [0.29, 0.717) is 16.9 Å². The van der Waals surface area contributed by atoms with E-state index in [4.69, 9.17) is 0 Å². The first-order chi connectivity index (χ1) is 9.69. The molecule has 0 saturated carbocycles. The number of hydrogen-bond donors (Lipinski definition) is 2. The molecule has 2 amide bonds. The van der Waals surface area contributed by atoms with Crippen molar-refractivity contribution in [3.05, 3.63) is 60.2 Å². The number of halogens is 1. The SMILES string of the molecule is O=C(CBr)Nc1cccc(NC(=O)c2ccccc2)c1. The highest BCUT2D eigenvalue weighted by Gasteiger charge is 2.06. The molecule has 4 nitrogen and oxygen atoms in total. The second kappa shape index (κ2) is 6.86. The Bertz CT molecular complexity index is 614. The van der Waals surface area contributed by atoms with E-state index in [2.05, 4.69) is 26.6 Å². The van der Waals surface area contributed by atoms with E-state index in [1.807, 2.05) is 18.2 Å². The molecule has 0 atom stereocenters. The Morgan fingerprint density at radius 1 is 0.900 bits per heavy atom. The molecule has 102 valence electrons. The molecular weight excluding hydrogens is 320 g/mol. The topological polar surface area (TPSA) is 58.2 Å². The molecule has 0 heterocycles. The summed E-state index contributed by atoms with van der Waals surface area (Å²) >= 11 is 3.08. The molecule has 0 radical (unpaired) electrons. The molecule has 0 aromatic heterocycles. The Kier molecular flexibility index (Phi) is 4.90. The number of alkyl halides is 1. The van der Waals surface area contributed by atoms with Gasteiger partial charge in [-0.15, -0.1) is 0 Å². The third kappa shape index (κ3) is 3.93. The van der Waals surface area contributed by atoms with Crippen LogP contribution in [0.2, 0.25) is 0 Å². The minimum absolute atomic E-state index is 0.142. The highest BCUT2D eigenvalue weighted by atomic mass is 79.9. The van der Waals surface area contributed by atoms with Crippen molar-refractivity contribution < 1.29 is 9.59 Å². The van der Waals surface area contributed by atoms with E-state index in [0.717, 1.165) is 0 Å². The normalized spacial score (nSPS) is 9.85. The number of carbonyl (C=O) groups excluding carboxylic acids is 2. The lowest BCUT2D eigenvalue weighted by atomic mass is 10.2. The zero-order chi connectivity index (χ0) is 14.4. The van der Waals surface area contributed by atoms with Gasteiger partial charge in [0.1, 0.15) is 0 Å². The predicted molar refractivity (Wildman–Crippen MR) is 83.3 cm³/mol. The smallest absolute Gasteiger partial charge is 0.255 e. The molecule has 0 aliphatic heterocycles. The van der Waals surface area contributed by atoms with Crippen LogP contribution in [0.25, 0.3) is 0 Å². The summed E-state index contributed by atoms with van der Waals surface area (Å²) in [6.07, 6.45) is 0. The molecular formula is C15H13BrN2O2. The van der Waals surface area contributed by atoms with Gasteiger partial charge < -0.3 is 10.6 Å². The van der Waals surface area contributed by atoms with Crippen LogP contribution in [0.15, 0.2) is 54.6 Å². The number of nitrogens with one attached hydrogen (secondary N) is 2. The average molecular weight is 333 g/mol. The fraction of sp³-hybridized carbons (Fsp3) is 0.0667. The van der Waals surface area contributed by atoms with E-state index >= 15 is 0 Å². The number of rotatable bonds is 4. The average Bonchev–Trinajstić information content (AvgIpc) is 2.48. The number of anilines is 2. The van der Waals surface area contributed by atoms with Crippen LogP contribution >= 0.6 is 15.9 Å². The van der Waals surface area contributed by atoms with Crippen molar-refractivity contribution in [1.29, 1.82) is 0 Å². The lowest BCUT2D eigenvalue weighted by Gasteiger charge is -2.08. The van der Waals surface area contributed by atoms with Crippen LogP contribution in [0.1, 0.15) is 10.4 Å². The second-order valence-electron chi connectivity index (χ2n) is 4.08. The number of amides is 2. The van der Waals surface area contributed by atoms with Crippen molar-refractivity contribution in [3.8, 4) is 0 Å². The van der Waals surface area contributed by atoms with Crippen LogP contribution in [0.3, 0.4) is 0 Å². The van der Waals surface area contributed by atoms with Gasteiger partial charge in [-0.3, -0.25) is 9.59 Å². The third-order valence-electron chi connectivity index (χ3n) is 2.56. The summed E-state index contributed by atoms with van der Waals surface area (Å²) in [7, 11) is 0. The molecule has 0 aliphatic carbocycles. The quantitative estimate of drug-likeness (QED) is 0.844. The van der Waals surface area contributed by atoms with E-state index in [-0.39, 0.29) is 17.1 Å². The van der Waals surface area contributed by atoms with Crippen LogP contribution < -0.4 is 10.6 Å². The molecule has 0 unspecified atom stereocenters. The van der Waals surface area contributed by atoms with Crippen molar-refractivity contribution in [2.24, 2.45) is 0 Å². The Labute approximate surface area is 125 Å². The van der Waals surface area contributed by atoms with E-state index in [9.17, 15) is 9.59 Å². The molecule has 0 aliphatic rings. The minimum atomic E-state index is -0.186. The van der Waals surface area contributed by atoms with Gasteiger partial charge in [0.2, 0.25) is 5.91 Å². The molecule has 0 fully saturated rings. The zero-order valence-corrected chi connectivity index (χ0v) is 12.2. The standard InChI is InChI=1S/C15H13BrN2O2/c16-10-14(19)17-12-7-4-8-13(9-12)18-15(20)11-5-2-1-3-6-11/h1-9H,10H2,(H,17,19)(H,18,20). The molecule has 0 spiro atoms. The number of carbonyl (C=O) groups is 2. The van der Waals surface area contributed by atoms with Gasteiger partial charge in [0.15, 0.2) is 0 Å². The van der Waals surface area contributed by atoms with Crippen LogP contribution in [0, 0.1) is 0 Å². The number of hydrogen-bond acceptors (Lipinski definition) is 2. The second-order valence-corrected chi connectivity index (χ2v) is 4.64. The lowest BCUT2D eigenvalue weighted by molar-refractivity contribution is -0.113. The summed E-state index contributed by atoms with van der Waals surface area (Å²) in [6.45, 7) is 0. The maximum Gasteiger partial charge on any atom is 0.255 e. The first-order valence-electron chi connectivity index (χ1n) is 6.01. The highest BCUT2D eigenvalue weighted by molar-refractivity contribution is 9.09. The molecule has 20 heavy (non-hydrogen) atoms. The van der Waals surface area contributed by atoms with Crippen molar-refractivity contribution >= 4 is 39.1 Å². The lowest BCUT2D eigenvalue weighted by Crippen LogP contribution is -2.14. The van der Waals surface area contributed by atoms with Crippen LogP contribution in [-0.2, 0) is 4.79 Å². The van der Waals surface area contributed by atoms with Crippen molar-refractivity contribution in [2.45, 2.75) is 0 Å². The van der Waals surface area contributed by atoms with E-state index in [1.54, 1.807) is 36.4 Å². The van der Waals surface area contributed by atoms with Crippen LogP contribution in [-0.4, -0.2) is 17.1 Å². The summed E-state index contributed by atoms with van der Waals surface area (Å²) in [4.78, 5) is 23.3. The first kappa shape index (κ1) is 14.3. The Balaban J connectivity index is 2.08. The summed E-state index contributed by atoms with van der Waals surface area (Å²) in [6, 6.07) is 16.0. The molecule has 2 aromatic rings. The van der Waals surface area contributed by atoms with E-state index in [1.165, 1.54) is 0 Å². The van der Waals surface area contributed by atoms with Gasteiger partial charge in [0, 0.05) is 16.9 Å². The van der Waals surface area contributed by atoms with E-state index < -0.39 is 0 Å².